The molecule has 2 aromatic carbocycles. The molecule has 0 saturated heterocycles. The quantitative estimate of drug-likeness (QED) is 0.290. The minimum atomic E-state index is -1.05. The van der Waals surface area contributed by atoms with Crippen molar-refractivity contribution in [2.75, 3.05) is 6.61 Å². The molecule has 0 bridgehead atoms. The van der Waals surface area contributed by atoms with Crippen molar-refractivity contribution in [3.8, 4) is 0 Å². The summed E-state index contributed by atoms with van der Waals surface area (Å²) in [5.74, 6) is 0. The third-order valence-electron chi connectivity index (χ3n) is 4.11. The molecule has 26 heavy (non-hydrogen) atoms. The van der Waals surface area contributed by atoms with Gasteiger partial charge in [0.25, 0.3) is 0 Å². The fourth-order valence-electron chi connectivity index (χ4n) is 2.61. The van der Waals surface area contributed by atoms with Crippen LogP contribution in [0, 0.1) is 0 Å². The van der Waals surface area contributed by atoms with E-state index in [-0.39, 0.29) is 0 Å². The lowest BCUT2D eigenvalue weighted by Crippen LogP contribution is -2.21. The molecule has 0 saturated carbocycles. The maximum Gasteiger partial charge on any atom is 0.122 e. The summed E-state index contributed by atoms with van der Waals surface area (Å²) in [6.07, 6.45) is 2.09. The predicted molar refractivity (Wildman–Crippen MR) is 117 cm³/mol. The molecular weight excluding hydrogens is 401 g/mol. The number of benzene rings is 2. The third kappa shape index (κ3) is 5.08. The first-order valence-electron chi connectivity index (χ1n) is 8.62. The maximum atomic E-state index is 6.33. The molecule has 0 atom stereocenters. The first kappa shape index (κ1) is 19.8. The van der Waals surface area contributed by atoms with Crippen LogP contribution < -0.4 is 0 Å². The Bertz CT molecular complexity index is 904. The summed E-state index contributed by atoms with van der Waals surface area (Å²) in [6.45, 7) is 8.51. The number of halogens is 2. The van der Waals surface area contributed by atoms with Crippen molar-refractivity contribution in [1.82, 2.24) is 4.57 Å². The van der Waals surface area contributed by atoms with Crippen LogP contribution in [0.5, 0.6) is 0 Å². The van der Waals surface area contributed by atoms with Crippen LogP contribution in [0.1, 0.15) is 0 Å². The van der Waals surface area contributed by atoms with Crippen molar-refractivity contribution in [3.63, 3.8) is 0 Å². The van der Waals surface area contributed by atoms with Crippen molar-refractivity contribution in [1.29, 1.82) is 0 Å². The largest absolute Gasteiger partial charge is 0.361 e. The Morgan fingerprint density at radius 3 is 2.58 bits per heavy atom. The highest BCUT2D eigenvalue weighted by atomic mass is 35.5. The van der Waals surface area contributed by atoms with Crippen LogP contribution in [0.25, 0.3) is 10.9 Å². The summed E-state index contributed by atoms with van der Waals surface area (Å²) < 4.78 is 8.07. The highest BCUT2D eigenvalue weighted by molar-refractivity contribution is 7.99. The van der Waals surface area contributed by atoms with Crippen molar-refractivity contribution in [2.45, 2.75) is 42.2 Å². The fourth-order valence-corrected chi connectivity index (χ4v) is 4.85. The maximum absolute atomic E-state index is 6.33. The molecular formula is C20H23Cl2NOSSi. The molecule has 0 aliphatic heterocycles. The highest BCUT2D eigenvalue weighted by Gasteiger charge is 2.13. The Balaban J connectivity index is 1.76. The molecule has 2 nitrogen and oxygen atoms in total. The van der Waals surface area contributed by atoms with Gasteiger partial charge in [0.1, 0.15) is 6.73 Å². The molecule has 0 aliphatic rings. The van der Waals surface area contributed by atoms with Gasteiger partial charge in [-0.1, -0.05) is 60.7 Å². The van der Waals surface area contributed by atoms with Gasteiger partial charge in [0.2, 0.25) is 0 Å². The summed E-state index contributed by atoms with van der Waals surface area (Å²) in [7, 11) is -1.05. The van der Waals surface area contributed by atoms with E-state index in [2.05, 4.69) is 54.7 Å². The summed E-state index contributed by atoms with van der Waals surface area (Å²) in [5.41, 5.74) is 1.17. The lowest BCUT2D eigenvalue weighted by atomic mass is 10.2. The summed E-state index contributed by atoms with van der Waals surface area (Å²) in [4.78, 5) is 2.18. The summed E-state index contributed by atoms with van der Waals surface area (Å²) in [6, 6.07) is 15.3. The van der Waals surface area contributed by atoms with Gasteiger partial charge in [-0.05, 0) is 42.4 Å². The Kier molecular flexibility index (Phi) is 6.41. The number of aromatic nitrogens is 1. The average Bonchev–Trinajstić information content (AvgIpc) is 2.97. The smallest absolute Gasteiger partial charge is 0.122 e. The van der Waals surface area contributed by atoms with Crippen LogP contribution in [-0.2, 0) is 11.5 Å². The number of nitrogens with zero attached hydrogens (tertiary/aromatic N) is 1. The first-order chi connectivity index (χ1) is 12.3. The van der Waals surface area contributed by atoms with Gasteiger partial charge in [-0.25, -0.2) is 0 Å². The Labute approximate surface area is 170 Å². The van der Waals surface area contributed by atoms with E-state index in [1.165, 1.54) is 21.8 Å². The van der Waals surface area contributed by atoms with Crippen molar-refractivity contribution in [2.24, 2.45) is 0 Å². The number of hydrogen-bond acceptors (Lipinski definition) is 2. The molecule has 1 heterocycles. The number of fused-ring (bicyclic) bond motifs is 1. The number of ether oxygens (including phenoxy) is 1. The van der Waals surface area contributed by atoms with E-state index in [4.69, 9.17) is 27.9 Å². The molecule has 0 fully saturated rings. The van der Waals surface area contributed by atoms with E-state index in [1.807, 2.05) is 12.1 Å². The van der Waals surface area contributed by atoms with Gasteiger partial charge in [0.05, 0.1) is 10.5 Å². The highest BCUT2D eigenvalue weighted by Crippen LogP contribution is 2.38. The fraction of sp³-hybridized carbons (Fsp3) is 0.300. The minimum absolute atomic E-state index is 0.587. The van der Waals surface area contributed by atoms with Crippen LogP contribution in [0.4, 0.5) is 0 Å². The van der Waals surface area contributed by atoms with Gasteiger partial charge in [0, 0.05) is 41.1 Å². The second-order valence-corrected chi connectivity index (χ2v) is 15.0. The molecule has 138 valence electrons. The predicted octanol–water partition coefficient (Wildman–Crippen LogP) is 7.41. The summed E-state index contributed by atoms with van der Waals surface area (Å²) in [5, 5.41) is 2.53. The second kappa shape index (κ2) is 8.40. The Hall–Kier alpha value is -0.913. The lowest BCUT2D eigenvalue weighted by Gasteiger charge is -2.15. The molecule has 1 aromatic heterocycles. The normalized spacial score (nSPS) is 12.0. The number of rotatable bonds is 7. The standard InChI is InChI=1S/C20H23Cl2NOSSi/c1-26(2,3)12-11-24-14-23-10-9-16-18(23)5-4-6-19(16)25-20-8-7-15(21)13-17(20)22/h4-10,13H,11-12,14H2,1-3H3. The molecule has 3 aromatic rings. The van der Waals surface area contributed by atoms with Gasteiger partial charge >= 0.3 is 0 Å². The SMILES string of the molecule is C[Si](C)(C)CCOCn1ccc2c(Sc3ccc(Cl)cc3Cl)cccc21. The monoisotopic (exact) mass is 423 g/mol. The molecule has 0 amide bonds. The molecule has 0 aliphatic carbocycles. The van der Waals surface area contributed by atoms with Gasteiger partial charge in [-0.3, -0.25) is 0 Å². The van der Waals surface area contributed by atoms with Crippen molar-refractivity contribution >= 4 is 53.9 Å². The first-order valence-corrected chi connectivity index (χ1v) is 13.9. The van der Waals surface area contributed by atoms with Crippen LogP contribution in [0.2, 0.25) is 35.7 Å². The van der Waals surface area contributed by atoms with Gasteiger partial charge in [-0.2, -0.15) is 0 Å². The van der Waals surface area contributed by atoms with Gasteiger partial charge in [-0.15, -0.1) is 0 Å². The average molecular weight is 424 g/mol. The molecule has 0 spiro atoms. The van der Waals surface area contributed by atoms with Crippen LogP contribution in [0.15, 0.2) is 58.5 Å². The van der Waals surface area contributed by atoms with Crippen molar-refractivity contribution < 1.29 is 4.74 Å². The zero-order chi connectivity index (χ0) is 18.7. The molecule has 0 N–H and O–H groups in total. The van der Waals surface area contributed by atoms with E-state index < -0.39 is 8.07 Å². The molecule has 6 heteroatoms. The lowest BCUT2D eigenvalue weighted by molar-refractivity contribution is 0.0902. The third-order valence-corrected chi connectivity index (χ3v) is 7.63. The van der Waals surface area contributed by atoms with Crippen molar-refractivity contribution in [3.05, 3.63) is 58.7 Å². The molecule has 0 radical (unpaired) electrons. The van der Waals surface area contributed by atoms with E-state index in [1.54, 1.807) is 17.8 Å². The van der Waals surface area contributed by atoms with E-state index in [0.717, 1.165) is 11.5 Å². The second-order valence-electron chi connectivity index (χ2n) is 7.50. The van der Waals surface area contributed by atoms with Crippen LogP contribution >= 0.6 is 35.0 Å². The molecule has 0 unspecified atom stereocenters. The number of hydrogen-bond donors (Lipinski definition) is 0. The summed E-state index contributed by atoms with van der Waals surface area (Å²) >= 11 is 14.0. The van der Waals surface area contributed by atoms with Crippen LogP contribution in [-0.4, -0.2) is 19.2 Å². The topological polar surface area (TPSA) is 14.2 Å². The van der Waals surface area contributed by atoms with Gasteiger partial charge in [0.15, 0.2) is 0 Å². The van der Waals surface area contributed by atoms with Crippen LogP contribution in [0.3, 0.4) is 0 Å². The molecule has 3 rings (SSSR count). The van der Waals surface area contributed by atoms with Gasteiger partial charge < -0.3 is 9.30 Å². The zero-order valence-corrected chi connectivity index (χ0v) is 18.6. The van der Waals surface area contributed by atoms with E-state index >= 15 is 0 Å². The van der Waals surface area contributed by atoms with E-state index in [9.17, 15) is 0 Å². The van der Waals surface area contributed by atoms with E-state index in [0.29, 0.717) is 16.8 Å². The Morgan fingerprint density at radius 2 is 1.85 bits per heavy atom. The zero-order valence-electron chi connectivity index (χ0n) is 15.3. The Morgan fingerprint density at radius 1 is 1.04 bits per heavy atom. The minimum Gasteiger partial charge on any atom is -0.361 e.